The van der Waals surface area contributed by atoms with Crippen LogP contribution in [0.4, 0.5) is 0 Å². The third-order valence-corrected chi connectivity index (χ3v) is 3.98. The Morgan fingerprint density at radius 1 is 1.25 bits per heavy atom. The molecule has 2 fully saturated rings. The van der Waals surface area contributed by atoms with Gasteiger partial charge in [0, 0.05) is 12.5 Å². The second-order valence-corrected chi connectivity index (χ2v) is 5.58. The Morgan fingerprint density at radius 3 is 2.62 bits per heavy atom. The van der Waals surface area contributed by atoms with Crippen molar-refractivity contribution in [2.75, 3.05) is 13.1 Å². The Kier molecular flexibility index (Phi) is 4.22. The molecule has 0 aromatic carbocycles. The van der Waals surface area contributed by atoms with Gasteiger partial charge in [0.15, 0.2) is 0 Å². The summed E-state index contributed by atoms with van der Waals surface area (Å²) in [6, 6.07) is 0.424. The van der Waals surface area contributed by atoms with Crippen molar-refractivity contribution < 1.29 is 4.79 Å². The lowest BCUT2D eigenvalue weighted by Gasteiger charge is -2.24. The number of carbonyl (C=O) groups excluding carboxylic acids is 1. The highest BCUT2D eigenvalue weighted by atomic mass is 16.1. The van der Waals surface area contributed by atoms with Crippen molar-refractivity contribution in [2.45, 2.75) is 51.5 Å². The second kappa shape index (κ2) is 5.67. The smallest absolute Gasteiger partial charge is 0.220 e. The van der Waals surface area contributed by atoms with Crippen molar-refractivity contribution in [3.05, 3.63) is 0 Å². The molecule has 1 aliphatic carbocycles. The largest absolute Gasteiger partial charge is 0.353 e. The van der Waals surface area contributed by atoms with Gasteiger partial charge >= 0.3 is 0 Å². The van der Waals surface area contributed by atoms with E-state index < -0.39 is 0 Å². The molecule has 3 nitrogen and oxygen atoms in total. The molecule has 1 amide bonds. The molecule has 2 atom stereocenters. The number of rotatable bonds is 3. The van der Waals surface area contributed by atoms with Gasteiger partial charge in [-0.05, 0) is 50.6 Å². The average molecular weight is 224 g/mol. The van der Waals surface area contributed by atoms with Gasteiger partial charge in [0.2, 0.25) is 5.91 Å². The Balaban J connectivity index is 1.67. The average Bonchev–Trinajstić information content (AvgIpc) is 2.65. The summed E-state index contributed by atoms with van der Waals surface area (Å²) in [4.78, 5) is 11.8. The van der Waals surface area contributed by atoms with Crippen molar-refractivity contribution in [3.8, 4) is 0 Å². The third-order valence-electron chi connectivity index (χ3n) is 3.98. The quantitative estimate of drug-likeness (QED) is 0.766. The maximum atomic E-state index is 11.8. The first-order valence-electron chi connectivity index (χ1n) is 6.74. The van der Waals surface area contributed by atoms with E-state index >= 15 is 0 Å². The number of amides is 1. The van der Waals surface area contributed by atoms with E-state index in [-0.39, 0.29) is 5.91 Å². The molecule has 0 aromatic rings. The molecule has 2 N–H and O–H groups in total. The van der Waals surface area contributed by atoms with Gasteiger partial charge in [0.1, 0.15) is 0 Å². The van der Waals surface area contributed by atoms with Crippen LogP contribution in [0.2, 0.25) is 0 Å². The molecule has 2 rings (SSSR count). The molecule has 2 aliphatic rings. The Labute approximate surface area is 98.4 Å². The molecule has 2 unspecified atom stereocenters. The number of nitrogens with one attached hydrogen (secondary N) is 2. The summed E-state index contributed by atoms with van der Waals surface area (Å²) >= 11 is 0. The summed E-state index contributed by atoms with van der Waals surface area (Å²) in [5.74, 6) is 1.76. The van der Waals surface area contributed by atoms with Crippen LogP contribution in [0.15, 0.2) is 0 Å². The molecule has 1 aliphatic heterocycles. The van der Waals surface area contributed by atoms with Crippen LogP contribution in [0.5, 0.6) is 0 Å². The maximum absolute atomic E-state index is 11.8. The van der Waals surface area contributed by atoms with Crippen LogP contribution in [0.1, 0.15) is 45.4 Å². The first-order valence-corrected chi connectivity index (χ1v) is 6.74. The van der Waals surface area contributed by atoms with Gasteiger partial charge in [0.05, 0.1) is 0 Å². The van der Waals surface area contributed by atoms with Crippen molar-refractivity contribution >= 4 is 5.91 Å². The maximum Gasteiger partial charge on any atom is 0.220 e. The van der Waals surface area contributed by atoms with Gasteiger partial charge in [-0.3, -0.25) is 4.79 Å². The predicted octanol–water partition coefficient (Wildman–Crippen LogP) is 1.68. The summed E-state index contributed by atoms with van der Waals surface area (Å²) < 4.78 is 0. The SMILES string of the molecule is CC1CCC(CC(=O)NC2CCNCC2)C1. The lowest BCUT2D eigenvalue weighted by Crippen LogP contribution is -2.43. The zero-order chi connectivity index (χ0) is 11.4. The van der Waals surface area contributed by atoms with Gasteiger partial charge in [-0.1, -0.05) is 13.3 Å². The molecule has 1 saturated carbocycles. The number of hydrogen-bond acceptors (Lipinski definition) is 2. The van der Waals surface area contributed by atoms with Gasteiger partial charge in [-0.25, -0.2) is 0 Å². The topological polar surface area (TPSA) is 41.1 Å². The fraction of sp³-hybridized carbons (Fsp3) is 0.923. The van der Waals surface area contributed by atoms with E-state index in [2.05, 4.69) is 17.6 Å². The Hall–Kier alpha value is -0.570. The molecule has 92 valence electrons. The first-order chi connectivity index (χ1) is 7.74. The van der Waals surface area contributed by atoms with E-state index in [1.807, 2.05) is 0 Å². The summed E-state index contributed by atoms with van der Waals surface area (Å²) in [6.45, 7) is 4.39. The number of hydrogen-bond donors (Lipinski definition) is 2. The van der Waals surface area contributed by atoms with Crippen molar-refractivity contribution in [3.63, 3.8) is 0 Å². The van der Waals surface area contributed by atoms with E-state index in [0.29, 0.717) is 12.0 Å². The van der Waals surface area contributed by atoms with Gasteiger partial charge in [-0.2, -0.15) is 0 Å². The molecule has 0 radical (unpaired) electrons. The lowest BCUT2D eigenvalue weighted by atomic mass is 10.0. The molecule has 16 heavy (non-hydrogen) atoms. The third kappa shape index (κ3) is 3.48. The van der Waals surface area contributed by atoms with Crippen LogP contribution in [-0.4, -0.2) is 25.0 Å². The van der Waals surface area contributed by atoms with Crippen LogP contribution in [-0.2, 0) is 4.79 Å². The van der Waals surface area contributed by atoms with Crippen LogP contribution in [0.3, 0.4) is 0 Å². The summed E-state index contributed by atoms with van der Waals surface area (Å²) in [7, 11) is 0. The normalized spacial score (nSPS) is 31.6. The molecular weight excluding hydrogens is 200 g/mol. The molecule has 1 heterocycles. The van der Waals surface area contributed by atoms with E-state index in [4.69, 9.17) is 0 Å². The highest BCUT2D eigenvalue weighted by Crippen LogP contribution is 2.32. The minimum atomic E-state index is 0.283. The van der Waals surface area contributed by atoms with Crippen LogP contribution >= 0.6 is 0 Å². The summed E-state index contributed by atoms with van der Waals surface area (Å²) in [5.41, 5.74) is 0. The molecule has 0 spiro atoms. The molecular formula is C13H24N2O. The number of carbonyl (C=O) groups is 1. The van der Waals surface area contributed by atoms with Crippen molar-refractivity contribution in [1.29, 1.82) is 0 Å². The van der Waals surface area contributed by atoms with Crippen LogP contribution in [0.25, 0.3) is 0 Å². The minimum absolute atomic E-state index is 0.283. The fourth-order valence-corrected chi connectivity index (χ4v) is 3.03. The van der Waals surface area contributed by atoms with Gasteiger partial charge in [-0.15, -0.1) is 0 Å². The fourth-order valence-electron chi connectivity index (χ4n) is 3.03. The zero-order valence-corrected chi connectivity index (χ0v) is 10.3. The van der Waals surface area contributed by atoms with Crippen molar-refractivity contribution in [2.24, 2.45) is 11.8 Å². The van der Waals surface area contributed by atoms with E-state index in [0.717, 1.165) is 38.3 Å². The van der Waals surface area contributed by atoms with Gasteiger partial charge < -0.3 is 10.6 Å². The molecule has 0 bridgehead atoms. The second-order valence-electron chi connectivity index (χ2n) is 5.58. The summed E-state index contributed by atoms with van der Waals surface area (Å²) in [5, 5.41) is 6.50. The zero-order valence-electron chi connectivity index (χ0n) is 10.3. The van der Waals surface area contributed by atoms with Crippen molar-refractivity contribution in [1.82, 2.24) is 10.6 Å². The van der Waals surface area contributed by atoms with E-state index in [1.54, 1.807) is 0 Å². The molecule has 1 saturated heterocycles. The van der Waals surface area contributed by atoms with Crippen LogP contribution < -0.4 is 10.6 Å². The highest BCUT2D eigenvalue weighted by molar-refractivity contribution is 5.76. The number of piperidine rings is 1. The standard InChI is InChI=1S/C13H24N2O/c1-10-2-3-11(8-10)9-13(16)15-12-4-6-14-7-5-12/h10-12,14H,2-9H2,1H3,(H,15,16). The van der Waals surface area contributed by atoms with E-state index in [1.165, 1.54) is 19.3 Å². The van der Waals surface area contributed by atoms with Crippen LogP contribution in [0, 0.1) is 11.8 Å². The first kappa shape index (κ1) is 11.9. The predicted molar refractivity (Wildman–Crippen MR) is 65.2 cm³/mol. The lowest BCUT2D eigenvalue weighted by molar-refractivity contribution is -0.122. The van der Waals surface area contributed by atoms with E-state index in [9.17, 15) is 4.79 Å². The summed E-state index contributed by atoms with van der Waals surface area (Å²) in [6.07, 6.45) is 6.75. The minimum Gasteiger partial charge on any atom is -0.353 e. The highest BCUT2D eigenvalue weighted by Gasteiger charge is 2.24. The Bertz CT molecular complexity index is 227. The molecule has 0 aromatic heterocycles. The Morgan fingerprint density at radius 2 is 2.00 bits per heavy atom. The van der Waals surface area contributed by atoms with Gasteiger partial charge in [0.25, 0.3) is 0 Å². The molecule has 3 heteroatoms. The monoisotopic (exact) mass is 224 g/mol.